The SMILES string of the molecule is C=CC(=O)N1CCC([C@@H]2CCNc3c(C(N)=O)c(-c4ccc(Oc5ccccc5)cc4)nn32)CC1.C=CC(=O)N1CCCC(n2nc(-c3ccc(Oc4ccccc4)cc3)c3c(N)ncnc32)C1.CC#CC(=O)N1CCC[C@H]1c1nc(-c2ccc(C(=O)Nc3ccccn3)cc2)c2c(N)nccn12.Cc1c(NC(=O)c2cc3c(s2)CCCC3)cccc1-c1cn(C)c(=O)c(Nc2ccc(C3C(=O)N(C)CCN3C)cc2)n1. The average molecular weight is 1970 g/mol. The summed E-state index contributed by atoms with van der Waals surface area (Å²) in [4.78, 5) is 139. The van der Waals surface area contributed by atoms with Crippen molar-refractivity contribution in [1.29, 1.82) is 0 Å². The van der Waals surface area contributed by atoms with E-state index in [-0.39, 0.29) is 71.0 Å². The number of nitrogens with two attached hydrogens (primary N) is 3. The Morgan fingerprint density at radius 3 is 1.95 bits per heavy atom. The van der Waals surface area contributed by atoms with Crippen molar-refractivity contribution in [3.05, 3.63) is 310 Å². The fourth-order valence-corrected chi connectivity index (χ4v) is 20.8. The van der Waals surface area contributed by atoms with Gasteiger partial charge < -0.3 is 72.1 Å². The lowest BCUT2D eigenvalue weighted by Gasteiger charge is -2.38. The van der Waals surface area contributed by atoms with Gasteiger partial charge in [-0.15, -0.1) is 11.3 Å². The minimum absolute atomic E-state index is 0.00566. The number of piperidine rings is 2. The molecule has 15 aromatic rings. The number of fused-ring (bicyclic) bond motifs is 4. The summed E-state index contributed by atoms with van der Waals surface area (Å²) in [6.45, 7) is 16.4. The number of benzene rings is 7. The van der Waals surface area contributed by atoms with E-state index in [1.54, 1.807) is 95.1 Å². The molecule has 0 bridgehead atoms. The molecular formula is C111H112N24O10S. The van der Waals surface area contributed by atoms with Gasteiger partial charge in [0.1, 0.15) is 92.6 Å². The van der Waals surface area contributed by atoms with Crippen molar-refractivity contribution >= 4 is 110 Å². The number of nitrogens with one attached hydrogen (secondary N) is 4. The first kappa shape index (κ1) is 98.9. The Morgan fingerprint density at radius 2 is 1.27 bits per heavy atom. The van der Waals surface area contributed by atoms with Crippen molar-refractivity contribution in [2.45, 2.75) is 109 Å². The average Bonchev–Trinajstić information content (AvgIpc) is 1.60. The van der Waals surface area contributed by atoms with Gasteiger partial charge in [-0.1, -0.05) is 97.9 Å². The molecule has 34 nitrogen and oxygen atoms in total. The van der Waals surface area contributed by atoms with Crippen molar-refractivity contribution in [1.82, 2.24) is 82.9 Å². The highest BCUT2D eigenvalue weighted by molar-refractivity contribution is 7.14. The number of likely N-dealkylation sites (N-methyl/N-ethyl adjacent to an activating group) is 2. The zero-order valence-corrected chi connectivity index (χ0v) is 82.5. The van der Waals surface area contributed by atoms with Crippen LogP contribution >= 0.6 is 11.3 Å². The van der Waals surface area contributed by atoms with Crippen molar-refractivity contribution in [2.24, 2.45) is 18.7 Å². The van der Waals surface area contributed by atoms with Gasteiger partial charge in [-0.3, -0.25) is 47.7 Å². The molecule has 0 saturated carbocycles. The van der Waals surface area contributed by atoms with Crippen LogP contribution in [0, 0.1) is 24.7 Å². The maximum absolute atomic E-state index is 13.2. The Hall–Kier alpha value is -17.3. The predicted octanol–water partition coefficient (Wildman–Crippen LogP) is 16.9. The first-order valence-electron chi connectivity index (χ1n) is 48.7. The van der Waals surface area contributed by atoms with E-state index in [1.165, 1.54) is 46.3 Å². The van der Waals surface area contributed by atoms with Gasteiger partial charge in [0.05, 0.1) is 34.1 Å². The number of anilines is 7. The van der Waals surface area contributed by atoms with Crippen molar-refractivity contribution in [3.8, 4) is 79.9 Å². The molecule has 13 heterocycles. The molecule has 0 radical (unpaired) electrons. The Labute approximate surface area is 847 Å². The van der Waals surface area contributed by atoms with Crippen LogP contribution in [0.25, 0.3) is 61.6 Å². The second kappa shape index (κ2) is 44.5. The summed E-state index contributed by atoms with van der Waals surface area (Å²) in [5.41, 5.74) is 30.6. The fourth-order valence-electron chi connectivity index (χ4n) is 19.6. The Morgan fingerprint density at radius 1 is 0.610 bits per heavy atom. The second-order valence-electron chi connectivity index (χ2n) is 36.6. The monoisotopic (exact) mass is 1970 g/mol. The number of imidazole rings is 1. The van der Waals surface area contributed by atoms with Gasteiger partial charge in [0.25, 0.3) is 29.2 Å². The highest BCUT2D eigenvalue weighted by Gasteiger charge is 2.39. The third-order valence-corrected chi connectivity index (χ3v) is 28.4. The molecule has 7 amide bonds. The van der Waals surface area contributed by atoms with Crippen LogP contribution in [0.4, 0.5) is 40.5 Å². The number of rotatable bonds is 21. The molecule has 7 aromatic carbocycles. The number of aromatic nitrogens is 12. The van der Waals surface area contributed by atoms with Crippen molar-refractivity contribution in [2.75, 3.05) is 99.2 Å². The van der Waals surface area contributed by atoms with E-state index in [9.17, 15) is 38.4 Å². The smallest absolute Gasteiger partial charge is 0.299 e. The number of hydrogen-bond acceptors (Lipinski definition) is 24. The van der Waals surface area contributed by atoms with Gasteiger partial charge in [0, 0.05) is 135 Å². The summed E-state index contributed by atoms with van der Waals surface area (Å²) in [5.74, 6) is 10.3. The van der Waals surface area contributed by atoms with E-state index >= 15 is 0 Å². The van der Waals surface area contributed by atoms with Crippen LogP contribution in [0.5, 0.6) is 23.0 Å². The Balaban J connectivity index is 0.000000128. The first-order chi connectivity index (χ1) is 70.9. The second-order valence-corrected chi connectivity index (χ2v) is 37.7. The van der Waals surface area contributed by atoms with E-state index in [4.69, 9.17) is 46.8 Å². The third-order valence-electron chi connectivity index (χ3n) is 27.2. The maximum Gasteiger partial charge on any atom is 0.299 e. The number of para-hydroxylation sites is 2. The third kappa shape index (κ3) is 21.7. The normalized spacial score (nSPS) is 16.5. The molecule has 10 N–H and O–H groups in total. The summed E-state index contributed by atoms with van der Waals surface area (Å²) in [6, 6.07) is 61.7. The lowest BCUT2D eigenvalue weighted by Crippen LogP contribution is -2.48. The number of piperazine rings is 1. The van der Waals surface area contributed by atoms with Crippen LogP contribution < -0.4 is 53.5 Å². The topological polar surface area (TPSA) is 420 Å². The zero-order chi connectivity index (χ0) is 102. The van der Waals surface area contributed by atoms with E-state index < -0.39 is 5.91 Å². The molecule has 5 aliphatic heterocycles. The summed E-state index contributed by atoms with van der Waals surface area (Å²) < 4.78 is 19.0. The highest BCUT2D eigenvalue weighted by atomic mass is 32.1. The van der Waals surface area contributed by atoms with Crippen LogP contribution in [0.15, 0.2) is 261 Å². The van der Waals surface area contributed by atoms with E-state index in [0.29, 0.717) is 142 Å². The standard InChI is InChI=1S/C33H36N6O3S.C27H29N5O3.C26H23N7O2.C25H24N6O2/c1-20-24(9-7-10-25(20)36-31(40)28-18-22-8-5-6-11-27(22)43-28)26-19-39(4)33(42)30(35-26)34-23-14-12-21(13-15-23)29-32(41)38(3)17-16-37(29)2;1-2-23(33)31-16-13-18(14-17-31)22-12-15-29-27-24(26(28)34)25(30-32(22)27)19-8-10-21(11-9-19)35-20-6-4-3-5-7-20;1-2-6-21(34)32-15-5-7-19(32)25-31-22(23-24(27)29-14-16-33(23)25)17-9-11-18(12-10-17)26(35)30-20-8-3-4-13-28-20;1-2-21(32)30-14-6-7-18(15-30)31-25-22(24(26)27-16-28-25)23(29-31)17-10-12-20(13-11-17)33-19-8-4-3-5-9-19/h7,9-10,12-15,18-19,29H,5-6,8,11,16-17H2,1-4H3,(H,34,35)(H,36,40);2-11,18,22,29H,1,12-17H2,(H2,28,34);3-4,8-14,16,19H,5,7,15H2,1H3,(H2,27,29)(H,28,30,35);2-5,8-13,16,18H,1,6-7,14-15H2,(H2,26,27,28)/t;22-;19-;/m.00./s1. The Kier molecular flexibility index (Phi) is 30.1. The number of carbonyl (C=O) groups is 7. The molecule has 35 heteroatoms. The van der Waals surface area contributed by atoms with Crippen molar-refractivity contribution < 1.29 is 43.0 Å². The number of ether oxygens (including phenoxy) is 2. The zero-order valence-electron chi connectivity index (χ0n) is 81.7. The fraction of sp³-hybridized carbons (Fsp3) is 0.261. The number of likely N-dealkylation sites (tertiary alicyclic amines) is 3. The van der Waals surface area contributed by atoms with Crippen LogP contribution in [-0.4, -0.2) is 191 Å². The quantitative estimate of drug-likeness (QED) is 0.0259. The number of nitrogen functional groups attached to an aromatic ring is 2. The van der Waals surface area contributed by atoms with Gasteiger partial charge in [0.2, 0.25) is 17.7 Å². The molecular weight excluding hydrogens is 1860 g/mol. The molecule has 146 heavy (non-hydrogen) atoms. The first-order valence-corrected chi connectivity index (χ1v) is 49.5. The van der Waals surface area contributed by atoms with Gasteiger partial charge in [-0.25, -0.2) is 39.3 Å². The number of primary amides is 1. The molecule has 1 aliphatic carbocycles. The van der Waals surface area contributed by atoms with Crippen molar-refractivity contribution in [3.63, 3.8) is 0 Å². The van der Waals surface area contributed by atoms with Crippen LogP contribution in [-0.2, 0) is 39.1 Å². The summed E-state index contributed by atoms with van der Waals surface area (Å²) in [6.07, 6.45) is 21.5. The molecule has 4 fully saturated rings. The van der Waals surface area contributed by atoms with E-state index in [2.05, 4.69) is 71.1 Å². The predicted molar refractivity (Wildman–Crippen MR) is 565 cm³/mol. The molecule has 8 aromatic heterocycles. The molecule has 21 rings (SSSR count). The molecule has 6 aliphatic rings. The number of carbonyl (C=O) groups excluding carboxylic acids is 7. The van der Waals surface area contributed by atoms with E-state index in [1.807, 2.05) is 210 Å². The molecule has 742 valence electrons. The summed E-state index contributed by atoms with van der Waals surface area (Å²) >= 11 is 1.59. The number of nitrogens with zero attached hydrogens (tertiary/aromatic N) is 17. The lowest BCUT2D eigenvalue weighted by atomic mass is 9.87. The number of hydrogen-bond donors (Lipinski definition) is 7. The molecule has 2 unspecified atom stereocenters. The van der Waals surface area contributed by atoms with Crippen LogP contribution in [0.3, 0.4) is 0 Å². The number of pyridine rings is 1. The largest absolute Gasteiger partial charge is 0.457 e. The number of thiophene rings is 1. The van der Waals surface area contributed by atoms with Gasteiger partial charge in [0.15, 0.2) is 11.5 Å². The minimum atomic E-state index is -0.509. The molecule has 0 spiro atoms. The van der Waals surface area contributed by atoms with Crippen LogP contribution in [0.1, 0.15) is 147 Å². The van der Waals surface area contributed by atoms with E-state index in [0.717, 1.165) is 126 Å². The lowest BCUT2D eigenvalue weighted by molar-refractivity contribution is -0.139. The maximum atomic E-state index is 13.2. The van der Waals surface area contributed by atoms with Gasteiger partial charge >= 0.3 is 0 Å². The Bertz CT molecular complexity index is 7500. The minimum Gasteiger partial charge on any atom is -0.457 e. The molecule has 4 atom stereocenters. The summed E-state index contributed by atoms with van der Waals surface area (Å²) in [7, 11) is 5.48. The number of aryl methyl sites for hydroxylation is 3. The molecule has 4 saturated heterocycles. The highest BCUT2D eigenvalue weighted by Crippen LogP contribution is 2.44. The van der Waals surface area contributed by atoms with Gasteiger partial charge in [-0.05, 0) is 254 Å². The number of amides is 7. The summed E-state index contributed by atoms with van der Waals surface area (Å²) in [5, 5.41) is 22.9. The van der Waals surface area contributed by atoms with Crippen LogP contribution in [0.2, 0.25) is 0 Å². The van der Waals surface area contributed by atoms with Gasteiger partial charge in [-0.2, -0.15) is 10.2 Å².